The van der Waals surface area contributed by atoms with Gasteiger partial charge in [-0.3, -0.25) is 9.59 Å². The van der Waals surface area contributed by atoms with Crippen LogP contribution in [0.3, 0.4) is 0 Å². The van der Waals surface area contributed by atoms with Crippen LogP contribution in [0.5, 0.6) is 0 Å². The summed E-state index contributed by atoms with van der Waals surface area (Å²) < 4.78 is 4.94. The molecule has 0 saturated heterocycles. The Morgan fingerprint density at radius 2 is 1.76 bits per heavy atom. The molecule has 0 radical (unpaired) electrons. The molecule has 33 heavy (non-hydrogen) atoms. The number of aliphatic hydroxyl groups excluding tert-OH is 1. The van der Waals surface area contributed by atoms with Gasteiger partial charge in [0.1, 0.15) is 6.10 Å². The number of hydrogen-bond donors (Lipinski definition) is 1. The Morgan fingerprint density at radius 1 is 1.09 bits per heavy atom. The standard InChI is InChI=1S/C28H38O5/c1-16-14-21-26(4,24(32)23(16)31)11-13-27(5)20-9-8-18(17(2)29)19(15-22(30)33-7)25(20,3)10-12-28(21,27)6/h8-9,15-16,21,24,32H,10-14H2,1-7H3/b19-15+/t16-,21-,24-,25+,26-,27-,28+/m1/s1. The van der Waals surface area contributed by atoms with Gasteiger partial charge in [-0.2, -0.15) is 0 Å². The minimum atomic E-state index is -0.916. The number of aliphatic hydroxyl groups is 1. The summed E-state index contributed by atoms with van der Waals surface area (Å²) in [6, 6.07) is 0. The van der Waals surface area contributed by atoms with Crippen molar-refractivity contribution in [1.29, 1.82) is 0 Å². The minimum Gasteiger partial charge on any atom is -0.466 e. The van der Waals surface area contributed by atoms with Crippen LogP contribution in [0.25, 0.3) is 0 Å². The first-order chi connectivity index (χ1) is 15.3. The Balaban J connectivity index is 1.87. The van der Waals surface area contributed by atoms with E-state index in [1.165, 1.54) is 18.8 Å². The lowest BCUT2D eigenvalue weighted by atomic mass is 9.35. The lowest BCUT2D eigenvalue weighted by Crippen LogP contribution is -2.65. The third-order valence-corrected chi connectivity index (χ3v) is 10.4. The minimum absolute atomic E-state index is 0.0178. The summed E-state index contributed by atoms with van der Waals surface area (Å²) in [6.45, 7) is 12.4. The average molecular weight is 455 g/mol. The molecule has 0 aromatic carbocycles. The molecule has 5 heteroatoms. The number of ether oxygens (including phenoxy) is 1. The van der Waals surface area contributed by atoms with Crippen LogP contribution in [0.15, 0.2) is 34.9 Å². The lowest BCUT2D eigenvalue weighted by molar-refractivity contribution is -0.192. The van der Waals surface area contributed by atoms with Crippen molar-refractivity contribution >= 4 is 17.5 Å². The Bertz CT molecular complexity index is 1020. The number of Topliss-reactive ketones (excluding diaryl/α,β-unsaturated/α-hetero) is 2. The number of rotatable bonds is 2. The van der Waals surface area contributed by atoms with Gasteiger partial charge < -0.3 is 9.84 Å². The molecular formula is C28H38O5. The number of methoxy groups -OCH3 is 1. The normalized spacial score (nSPS) is 45.9. The largest absolute Gasteiger partial charge is 0.466 e. The first kappa shape index (κ1) is 24.1. The molecule has 4 aliphatic carbocycles. The molecule has 0 unspecified atom stereocenters. The zero-order valence-corrected chi connectivity index (χ0v) is 21.1. The van der Waals surface area contributed by atoms with E-state index >= 15 is 0 Å². The predicted molar refractivity (Wildman–Crippen MR) is 126 cm³/mol. The number of hydrogen-bond acceptors (Lipinski definition) is 5. The molecule has 1 N–H and O–H groups in total. The maximum Gasteiger partial charge on any atom is 0.330 e. The van der Waals surface area contributed by atoms with Crippen LogP contribution in [0.1, 0.15) is 73.6 Å². The van der Waals surface area contributed by atoms with E-state index in [0.717, 1.165) is 37.7 Å². The molecule has 0 aromatic heterocycles. The van der Waals surface area contributed by atoms with Gasteiger partial charge in [-0.25, -0.2) is 4.79 Å². The number of ketones is 2. The summed E-state index contributed by atoms with van der Waals surface area (Å²) in [7, 11) is 1.36. The predicted octanol–water partition coefficient (Wildman–Crippen LogP) is 4.74. The van der Waals surface area contributed by atoms with E-state index < -0.39 is 22.9 Å². The number of esters is 1. The molecule has 0 spiro atoms. The Kier molecular flexibility index (Phi) is 5.48. The highest BCUT2D eigenvalue weighted by atomic mass is 16.5. The molecule has 3 saturated carbocycles. The molecule has 0 heterocycles. The van der Waals surface area contributed by atoms with Crippen molar-refractivity contribution in [3.63, 3.8) is 0 Å². The zero-order chi connectivity index (χ0) is 24.6. The van der Waals surface area contributed by atoms with Crippen molar-refractivity contribution in [2.45, 2.75) is 79.8 Å². The summed E-state index contributed by atoms with van der Waals surface area (Å²) in [5.41, 5.74) is 1.42. The van der Waals surface area contributed by atoms with Crippen molar-refractivity contribution in [2.24, 2.45) is 33.5 Å². The number of carbonyl (C=O) groups is 3. The molecule has 4 rings (SSSR count). The summed E-state index contributed by atoms with van der Waals surface area (Å²) in [6.07, 6.45) is 8.70. The fraction of sp³-hybridized carbons (Fsp3) is 0.679. The van der Waals surface area contributed by atoms with E-state index in [-0.39, 0.29) is 34.2 Å². The van der Waals surface area contributed by atoms with Crippen LogP contribution in [-0.2, 0) is 19.1 Å². The van der Waals surface area contributed by atoms with Gasteiger partial charge in [-0.15, -0.1) is 0 Å². The molecule has 0 aromatic rings. The molecule has 5 nitrogen and oxygen atoms in total. The van der Waals surface area contributed by atoms with Crippen molar-refractivity contribution in [1.82, 2.24) is 0 Å². The summed E-state index contributed by atoms with van der Waals surface area (Å²) in [4.78, 5) is 37.5. The van der Waals surface area contributed by atoms with Crippen molar-refractivity contribution < 1.29 is 24.2 Å². The molecule has 0 aliphatic heterocycles. The van der Waals surface area contributed by atoms with Crippen molar-refractivity contribution in [2.75, 3.05) is 7.11 Å². The average Bonchev–Trinajstić information content (AvgIpc) is 2.76. The van der Waals surface area contributed by atoms with E-state index in [1.807, 2.05) is 13.0 Å². The van der Waals surface area contributed by atoms with Crippen molar-refractivity contribution in [3.8, 4) is 0 Å². The Hall–Kier alpha value is -2.01. The third kappa shape index (κ3) is 3.03. The van der Waals surface area contributed by atoms with Gasteiger partial charge in [-0.05, 0) is 61.3 Å². The van der Waals surface area contributed by atoms with Gasteiger partial charge >= 0.3 is 5.97 Å². The molecule has 180 valence electrons. The Labute approximate surface area is 197 Å². The third-order valence-electron chi connectivity index (χ3n) is 10.4. The number of allylic oxidation sites excluding steroid dienone is 5. The highest BCUT2D eigenvalue weighted by molar-refractivity contribution is 6.01. The van der Waals surface area contributed by atoms with E-state index in [0.29, 0.717) is 5.57 Å². The van der Waals surface area contributed by atoms with Crippen LogP contribution in [0.2, 0.25) is 0 Å². The number of carbonyl (C=O) groups excluding carboxylic acids is 3. The van der Waals surface area contributed by atoms with Gasteiger partial charge in [0.2, 0.25) is 0 Å². The zero-order valence-electron chi connectivity index (χ0n) is 21.1. The van der Waals surface area contributed by atoms with E-state index in [2.05, 4.69) is 33.8 Å². The SMILES string of the molecule is COC(=O)/C=C1\C(C(C)=O)=CC=C2[C@@]1(C)CC[C@@]1(C)[C@@H]3C[C@@H](C)C(=O)[C@@H](O)[C@]3(C)CC[C@]21C. The lowest BCUT2D eigenvalue weighted by Gasteiger charge is -2.69. The monoisotopic (exact) mass is 454 g/mol. The van der Waals surface area contributed by atoms with Crippen LogP contribution >= 0.6 is 0 Å². The van der Waals surface area contributed by atoms with Gasteiger partial charge in [0.25, 0.3) is 0 Å². The van der Waals surface area contributed by atoms with Gasteiger partial charge in [-0.1, -0.05) is 52.3 Å². The molecular weight excluding hydrogens is 416 g/mol. The Morgan fingerprint density at radius 3 is 2.36 bits per heavy atom. The summed E-state index contributed by atoms with van der Waals surface area (Å²) in [5, 5.41) is 11.1. The summed E-state index contributed by atoms with van der Waals surface area (Å²) in [5.74, 6) is -0.458. The smallest absolute Gasteiger partial charge is 0.330 e. The highest BCUT2D eigenvalue weighted by Crippen LogP contribution is 2.74. The molecule has 0 bridgehead atoms. The van der Waals surface area contributed by atoms with Crippen LogP contribution < -0.4 is 0 Å². The highest BCUT2D eigenvalue weighted by Gasteiger charge is 2.68. The molecule has 0 amide bonds. The number of fused-ring (bicyclic) bond motifs is 5. The van der Waals surface area contributed by atoms with Gasteiger partial charge in [0, 0.05) is 28.4 Å². The van der Waals surface area contributed by atoms with Crippen LogP contribution in [0, 0.1) is 33.5 Å². The second-order valence-electron chi connectivity index (χ2n) is 11.9. The molecule has 4 aliphatic rings. The van der Waals surface area contributed by atoms with Crippen molar-refractivity contribution in [3.05, 3.63) is 34.9 Å². The molecule has 3 fully saturated rings. The van der Waals surface area contributed by atoms with Gasteiger partial charge in [0.15, 0.2) is 11.6 Å². The van der Waals surface area contributed by atoms with Crippen LogP contribution in [0.4, 0.5) is 0 Å². The quantitative estimate of drug-likeness (QED) is 0.481. The van der Waals surface area contributed by atoms with Crippen LogP contribution in [-0.4, -0.2) is 35.9 Å². The molecule has 7 atom stereocenters. The van der Waals surface area contributed by atoms with E-state index in [1.54, 1.807) is 6.92 Å². The second-order valence-corrected chi connectivity index (χ2v) is 11.9. The fourth-order valence-electron chi connectivity index (χ4n) is 8.08. The maximum atomic E-state index is 12.7. The van der Waals surface area contributed by atoms with Gasteiger partial charge in [0.05, 0.1) is 7.11 Å². The topological polar surface area (TPSA) is 80.7 Å². The fourth-order valence-corrected chi connectivity index (χ4v) is 8.08. The maximum absolute atomic E-state index is 12.7. The first-order valence-corrected chi connectivity index (χ1v) is 12.2. The summed E-state index contributed by atoms with van der Waals surface area (Å²) >= 11 is 0. The second kappa shape index (κ2) is 7.49. The van der Waals surface area contributed by atoms with E-state index in [4.69, 9.17) is 4.74 Å². The first-order valence-electron chi connectivity index (χ1n) is 12.2. The van der Waals surface area contributed by atoms with E-state index in [9.17, 15) is 19.5 Å².